The predicted octanol–water partition coefficient (Wildman–Crippen LogP) is 32.5. The molecule has 0 amide bonds. The van der Waals surface area contributed by atoms with Crippen LogP contribution < -0.4 is 22.9 Å². The maximum Gasteiger partial charge on any atom is 0.295 e. The van der Waals surface area contributed by atoms with Crippen molar-refractivity contribution < 1.29 is 51.9 Å². The van der Waals surface area contributed by atoms with E-state index in [4.69, 9.17) is 22.9 Å². The first-order chi connectivity index (χ1) is 65.8. The Morgan fingerprint density at radius 3 is 0.441 bits per heavy atom. The Morgan fingerprint density at radius 2 is 0.309 bits per heavy atom. The molecule has 0 radical (unpaired) electrons. The van der Waals surface area contributed by atoms with Gasteiger partial charge in [0.05, 0.1) is 0 Å². The van der Waals surface area contributed by atoms with E-state index in [0.717, 1.165) is 194 Å². The molecule has 0 aliphatic heterocycles. The van der Waals surface area contributed by atoms with E-state index in [1.807, 2.05) is 97.1 Å². The molecule has 0 spiro atoms. The van der Waals surface area contributed by atoms with Crippen molar-refractivity contribution in [2.45, 2.75) is 486 Å². The Bertz CT molecular complexity index is 4310. The molecule has 136 heavy (non-hydrogen) atoms. The SMILES string of the molecule is CCCCCCCCCc1cc2ccccc2c(S(=O)(=O)O)c1CCCCCCCCC.CCCCCCCCCc1cc2ccccc2c(S(=O)(=O)O)c1CCCCCCCCC.CCCCCCCCCc1cc2ccccc2c(S(=O)(=O)O)c1CCCCCCCCC.CCCCCCCCCc1cc2ccccc2c(S(=O)(=O)O)c1CCCCCCCCC.NCCN.NCCN. The highest BCUT2D eigenvalue weighted by Gasteiger charge is 2.28. The van der Waals surface area contributed by atoms with Crippen molar-refractivity contribution >= 4 is 83.6 Å². The van der Waals surface area contributed by atoms with Gasteiger partial charge in [-0.2, -0.15) is 33.7 Å². The minimum atomic E-state index is -4.28. The third-order valence-electron chi connectivity index (χ3n) is 26.5. The second-order valence-corrected chi connectivity index (χ2v) is 43.7. The van der Waals surface area contributed by atoms with Crippen LogP contribution in [0.5, 0.6) is 0 Å². The Hall–Kier alpha value is -5.72. The van der Waals surface area contributed by atoms with Gasteiger partial charge in [0, 0.05) is 47.7 Å². The van der Waals surface area contributed by atoms with Gasteiger partial charge < -0.3 is 22.9 Å². The molecule has 8 aromatic carbocycles. The molecular weight excluding hydrogens is 1770 g/mol. The fourth-order valence-electron chi connectivity index (χ4n) is 18.9. The average Bonchev–Trinajstić information content (AvgIpc) is 0.780. The molecule has 0 saturated carbocycles. The molecule has 772 valence electrons. The number of hydrogen-bond donors (Lipinski definition) is 8. The smallest absolute Gasteiger partial charge is 0.295 e. The third-order valence-corrected chi connectivity index (χ3v) is 30.4. The molecule has 16 nitrogen and oxygen atoms in total. The third kappa shape index (κ3) is 51.8. The van der Waals surface area contributed by atoms with Gasteiger partial charge in [0.2, 0.25) is 0 Å². The Morgan fingerprint density at radius 1 is 0.184 bits per heavy atom. The van der Waals surface area contributed by atoms with Crippen LogP contribution in [0.4, 0.5) is 0 Å². The summed E-state index contributed by atoms with van der Waals surface area (Å²) < 4.78 is 140. The molecule has 0 saturated heterocycles. The van der Waals surface area contributed by atoms with E-state index in [1.54, 1.807) is 0 Å². The van der Waals surface area contributed by atoms with E-state index in [9.17, 15) is 51.9 Å². The van der Waals surface area contributed by atoms with Gasteiger partial charge in [0.15, 0.2) is 0 Å². The molecule has 0 fully saturated rings. The van der Waals surface area contributed by atoms with Crippen LogP contribution >= 0.6 is 0 Å². The van der Waals surface area contributed by atoms with Gasteiger partial charge in [-0.15, -0.1) is 0 Å². The van der Waals surface area contributed by atoms with E-state index < -0.39 is 40.5 Å². The lowest BCUT2D eigenvalue weighted by molar-refractivity contribution is 0.480. The Balaban J connectivity index is 0.000000454. The van der Waals surface area contributed by atoms with Crippen LogP contribution in [0.25, 0.3) is 43.1 Å². The molecule has 0 aliphatic rings. The quantitative estimate of drug-likeness (QED) is 0.0130. The largest absolute Gasteiger partial charge is 0.329 e. The second kappa shape index (κ2) is 76.9. The van der Waals surface area contributed by atoms with Gasteiger partial charge in [-0.25, -0.2) is 0 Å². The van der Waals surface area contributed by atoms with Gasteiger partial charge >= 0.3 is 0 Å². The zero-order valence-electron chi connectivity index (χ0n) is 86.6. The minimum absolute atomic E-state index is 0.152. The molecule has 8 aromatic rings. The summed E-state index contributed by atoms with van der Waals surface area (Å²) in [6.07, 6.45) is 74.4. The number of rotatable bonds is 70. The molecule has 0 aromatic heterocycles. The van der Waals surface area contributed by atoms with Crippen molar-refractivity contribution in [2.24, 2.45) is 22.9 Å². The fraction of sp³-hybridized carbons (Fsp3) is 0.655. The van der Waals surface area contributed by atoms with Crippen molar-refractivity contribution in [3.63, 3.8) is 0 Å². The summed E-state index contributed by atoms with van der Waals surface area (Å²) in [5.41, 5.74) is 27.5. The van der Waals surface area contributed by atoms with Crippen molar-refractivity contribution in [3.05, 3.63) is 166 Å². The molecule has 12 N–H and O–H groups in total. The number of unbranched alkanes of at least 4 members (excludes halogenated alkanes) is 48. The second-order valence-electron chi connectivity index (χ2n) is 38.3. The summed E-state index contributed by atoms with van der Waals surface area (Å²) in [6, 6.07) is 38.9. The normalized spacial score (nSPS) is 11.7. The summed E-state index contributed by atoms with van der Waals surface area (Å²) in [6.45, 7) is 20.2. The van der Waals surface area contributed by atoms with Gasteiger partial charge in [0.25, 0.3) is 40.5 Å². The van der Waals surface area contributed by atoms with Crippen LogP contribution in [0.1, 0.15) is 459 Å². The molecule has 0 heterocycles. The summed E-state index contributed by atoms with van der Waals surface area (Å²) in [5, 5.41) is 6.21. The lowest BCUT2D eigenvalue weighted by Crippen LogP contribution is -2.11. The number of nitrogens with two attached hydrogens (primary N) is 4. The van der Waals surface area contributed by atoms with Crippen molar-refractivity contribution in [2.75, 3.05) is 26.2 Å². The zero-order valence-corrected chi connectivity index (χ0v) is 89.9. The Kier molecular flexibility index (Phi) is 70.4. The number of hydrogen-bond acceptors (Lipinski definition) is 12. The first-order valence-corrected chi connectivity index (χ1v) is 60.4. The van der Waals surface area contributed by atoms with Gasteiger partial charge in [0.1, 0.15) is 19.6 Å². The monoisotopic (exact) mass is 1960 g/mol. The van der Waals surface area contributed by atoms with Gasteiger partial charge in [-0.1, -0.05) is 485 Å². The van der Waals surface area contributed by atoms with E-state index in [-0.39, 0.29) is 19.6 Å². The molecular formula is C116H192N4O12S4. The summed E-state index contributed by atoms with van der Waals surface area (Å²) in [5.74, 6) is 0. The standard InChI is InChI=1S/4C28H44O3S.2C2H8N2/c4*1-3-5-7-9-11-13-15-19-24-23-25-20-17-18-22-27(25)28(32(29,30)31)26(24)21-16-14-12-10-8-6-4-2;2*3-1-2-4/h4*17-18,20,22-23H,3-16,19,21H2,1-2H3,(H,29,30,31);2*1-4H2. The predicted molar refractivity (Wildman–Crippen MR) is 585 cm³/mol. The van der Waals surface area contributed by atoms with E-state index in [2.05, 4.69) is 79.7 Å². The number of fused-ring (bicyclic) bond motifs is 4. The maximum atomic E-state index is 12.5. The van der Waals surface area contributed by atoms with E-state index in [0.29, 0.717) is 47.7 Å². The van der Waals surface area contributed by atoms with Crippen LogP contribution in [0.2, 0.25) is 0 Å². The van der Waals surface area contributed by atoms with Crippen molar-refractivity contribution in [1.29, 1.82) is 0 Å². The molecule has 8 rings (SSSR count). The highest BCUT2D eigenvalue weighted by molar-refractivity contribution is 7.87. The van der Waals surface area contributed by atoms with Crippen molar-refractivity contribution in [1.82, 2.24) is 0 Å². The molecule has 0 atom stereocenters. The molecule has 0 unspecified atom stereocenters. The molecule has 0 bridgehead atoms. The fourth-order valence-corrected chi connectivity index (χ4v) is 23.0. The lowest BCUT2D eigenvalue weighted by atomic mass is 9.93. The van der Waals surface area contributed by atoms with Gasteiger partial charge in [-0.05, 0) is 169 Å². The topological polar surface area (TPSA) is 322 Å². The van der Waals surface area contributed by atoms with Crippen molar-refractivity contribution in [3.8, 4) is 0 Å². The van der Waals surface area contributed by atoms with Crippen LogP contribution in [0, 0.1) is 0 Å². The summed E-state index contributed by atoms with van der Waals surface area (Å²) in [7, 11) is -17.1. The highest BCUT2D eigenvalue weighted by atomic mass is 32.2. The number of benzene rings is 8. The molecule has 20 heteroatoms. The maximum absolute atomic E-state index is 12.5. The minimum Gasteiger partial charge on any atom is -0.329 e. The summed E-state index contributed by atoms with van der Waals surface area (Å²) in [4.78, 5) is 0.609. The van der Waals surface area contributed by atoms with E-state index in [1.165, 1.54) is 283 Å². The zero-order chi connectivity index (χ0) is 99.8. The van der Waals surface area contributed by atoms with Gasteiger partial charge in [-0.3, -0.25) is 18.2 Å². The summed E-state index contributed by atoms with van der Waals surface area (Å²) >= 11 is 0. The van der Waals surface area contributed by atoms with Crippen LogP contribution in [0.15, 0.2) is 141 Å². The number of aryl methyl sites for hydroxylation is 4. The van der Waals surface area contributed by atoms with E-state index >= 15 is 0 Å². The first-order valence-electron chi connectivity index (χ1n) is 54.6. The average molecular weight is 1960 g/mol. The lowest BCUT2D eigenvalue weighted by Gasteiger charge is -2.17. The highest BCUT2D eigenvalue weighted by Crippen LogP contribution is 2.38. The Labute approximate surface area is 830 Å². The van der Waals surface area contributed by atoms with Crippen LogP contribution in [0.3, 0.4) is 0 Å². The molecule has 0 aliphatic carbocycles. The first kappa shape index (κ1) is 124. The van der Waals surface area contributed by atoms with Crippen LogP contribution in [-0.2, 0) is 91.8 Å². The van der Waals surface area contributed by atoms with Crippen LogP contribution in [-0.4, -0.2) is 78.1 Å².